The number of amides is 1. The van der Waals surface area contributed by atoms with Gasteiger partial charge in [-0.3, -0.25) is 14.7 Å². The standard InChI is InChI=1S/C9H15N3O2/c10-9(13)7-1-3-12-4-6-14-5-2-8(12)11-7/h8H,1-6H2,(H2,10,13). The Balaban J connectivity index is 2.11. The molecule has 1 saturated heterocycles. The molecule has 2 heterocycles. The van der Waals surface area contributed by atoms with Crippen LogP contribution in [0.2, 0.25) is 0 Å². The lowest BCUT2D eigenvalue weighted by Crippen LogP contribution is -2.43. The third-order valence-corrected chi connectivity index (χ3v) is 2.69. The summed E-state index contributed by atoms with van der Waals surface area (Å²) in [6, 6.07) is 0. The number of hydrogen-bond donors (Lipinski definition) is 1. The topological polar surface area (TPSA) is 67.9 Å². The molecule has 0 aromatic heterocycles. The predicted octanol–water partition coefficient (Wildman–Crippen LogP) is -0.635. The molecule has 2 N–H and O–H groups in total. The second kappa shape index (κ2) is 4.06. The van der Waals surface area contributed by atoms with Crippen molar-refractivity contribution in [3.05, 3.63) is 0 Å². The highest BCUT2D eigenvalue weighted by Crippen LogP contribution is 2.16. The molecule has 2 aliphatic heterocycles. The van der Waals surface area contributed by atoms with Crippen molar-refractivity contribution in [3.8, 4) is 0 Å². The van der Waals surface area contributed by atoms with Crippen LogP contribution in [0.25, 0.3) is 0 Å². The van der Waals surface area contributed by atoms with Crippen molar-refractivity contribution in [1.29, 1.82) is 0 Å². The van der Waals surface area contributed by atoms with E-state index in [4.69, 9.17) is 10.5 Å². The Labute approximate surface area is 82.9 Å². The molecule has 14 heavy (non-hydrogen) atoms. The highest BCUT2D eigenvalue weighted by atomic mass is 16.5. The average Bonchev–Trinajstić information content (AvgIpc) is 2.41. The van der Waals surface area contributed by atoms with Gasteiger partial charge in [-0.2, -0.15) is 0 Å². The smallest absolute Gasteiger partial charge is 0.262 e. The molecule has 1 fully saturated rings. The predicted molar refractivity (Wildman–Crippen MR) is 52.0 cm³/mol. The molecule has 0 aromatic rings. The lowest BCUT2D eigenvalue weighted by molar-refractivity contribution is -0.112. The SMILES string of the molecule is NC(=O)C1=NC2CCOCCN2CC1. The van der Waals surface area contributed by atoms with Gasteiger partial charge in [-0.25, -0.2) is 0 Å². The Morgan fingerprint density at radius 2 is 2.36 bits per heavy atom. The molecule has 78 valence electrons. The third-order valence-electron chi connectivity index (χ3n) is 2.69. The number of fused-ring (bicyclic) bond motifs is 1. The van der Waals surface area contributed by atoms with Gasteiger partial charge in [-0.05, 0) is 0 Å². The van der Waals surface area contributed by atoms with Gasteiger partial charge in [0.1, 0.15) is 11.9 Å². The molecule has 5 nitrogen and oxygen atoms in total. The van der Waals surface area contributed by atoms with Crippen molar-refractivity contribution in [2.45, 2.75) is 19.0 Å². The maximum atomic E-state index is 11.0. The first-order valence-electron chi connectivity index (χ1n) is 4.95. The van der Waals surface area contributed by atoms with E-state index in [0.29, 0.717) is 12.1 Å². The summed E-state index contributed by atoms with van der Waals surface area (Å²) in [5.74, 6) is -0.380. The van der Waals surface area contributed by atoms with Crippen molar-refractivity contribution in [1.82, 2.24) is 4.90 Å². The number of nitrogens with two attached hydrogens (primary N) is 1. The number of hydrogen-bond acceptors (Lipinski definition) is 4. The van der Waals surface area contributed by atoms with Crippen molar-refractivity contribution in [3.63, 3.8) is 0 Å². The molecule has 0 bridgehead atoms. The van der Waals surface area contributed by atoms with Crippen LogP contribution in [0.1, 0.15) is 12.8 Å². The Morgan fingerprint density at radius 3 is 3.14 bits per heavy atom. The first kappa shape index (κ1) is 9.61. The van der Waals surface area contributed by atoms with Gasteiger partial charge in [0.15, 0.2) is 0 Å². The number of ether oxygens (including phenoxy) is 1. The Morgan fingerprint density at radius 1 is 1.50 bits per heavy atom. The van der Waals surface area contributed by atoms with Crippen LogP contribution in [0.3, 0.4) is 0 Å². The summed E-state index contributed by atoms with van der Waals surface area (Å²) in [7, 11) is 0. The molecule has 2 aliphatic rings. The Kier molecular flexibility index (Phi) is 2.79. The molecule has 0 spiro atoms. The van der Waals surface area contributed by atoms with E-state index in [0.717, 1.165) is 32.7 Å². The van der Waals surface area contributed by atoms with Gasteiger partial charge in [-0.15, -0.1) is 0 Å². The summed E-state index contributed by atoms with van der Waals surface area (Å²) in [5, 5.41) is 0. The first-order valence-corrected chi connectivity index (χ1v) is 4.95. The van der Waals surface area contributed by atoms with E-state index < -0.39 is 0 Å². The maximum Gasteiger partial charge on any atom is 0.262 e. The van der Waals surface area contributed by atoms with Crippen LogP contribution >= 0.6 is 0 Å². The second-order valence-electron chi connectivity index (χ2n) is 3.61. The molecule has 1 atom stereocenters. The van der Waals surface area contributed by atoms with Gasteiger partial charge in [0, 0.05) is 32.5 Å². The van der Waals surface area contributed by atoms with E-state index in [9.17, 15) is 4.79 Å². The Hall–Kier alpha value is -0.940. The van der Waals surface area contributed by atoms with Crippen LogP contribution in [-0.4, -0.2) is 49.0 Å². The minimum atomic E-state index is -0.380. The lowest BCUT2D eigenvalue weighted by Gasteiger charge is -2.30. The quantitative estimate of drug-likeness (QED) is 0.608. The molecular weight excluding hydrogens is 182 g/mol. The van der Waals surface area contributed by atoms with Gasteiger partial charge < -0.3 is 10.5 Å². The van der Waals surface area contributed by atoms with Gasteiger partial charge in [0.25, 0.3) is 5.91 Å². The fraction of sp³-hybridized carbons (Fsp3) is 0.778. The number of rotatable bonds is 1. The summed E-state index contributed by atoms with van der Waals surface area (Å²) in [6.45, 7) is 3.25. The summed E-state index contributed by atoms with van der Waals surface area (Å²) in [5.41, 5.74) is 5.74. The van der Waals surface area contributed by atoms with Crippen LogP contribution in [-0.2, 0) is 9.53 Å². The van der Waals surface area contributed by atoms with Crippen LogP contribution in [0.15, 0.2) is 4.99 Å². The number of nitrogens with zero attached hydrogens (tertiary/aromatic N) is 2. The summed E-state index contributed by atoms with van der Waals surface area (Å²) >= 11 is 0. The Bertz CT molecular complexity index is 265. The fourth-order valence-electron chi connectivity index (χ4n) is 1.89. The van der Waals surface area contributed by atoms with Crippen molar-refractivity contribution in [2.75, 3.05) is 26.3 Å². The summed E-state index contributed by atoms with van der Waals surface area (Å²) < 4.78 is 5.36. The van der Waals surface area contributed by atoms with E-state index in [2.05, 4.69) is 9.89 Å². The molecule has 1 unspecified atom stereocenters. The van der Waals surface area contributed by atoms with Crippen molar-refractivity contribution < 1.29 is 9.53 Å². The van der Waals surface area contributed by atoms with Crippen LogP contribution in [0.4, 0.5) is 0 Å². The molecule has 5 heteroatoms. The number of carbonyl (C=O) groups excluding carboxylic acids is 1. The number of carbonyl (C=O) groups is 1. The fourth-order valence-corrected chi connectivity index (χ4v) is 1.89. The largest absolute Gasteiger partial charge is 0.380 e. The van der Waals surface area contributed by atoms with E-state index in [1.54, 1.807) is 0 Å². The van der Waals surface area contributed by atoms with E-state index in [1.807, 2.05) is 0 Å². The van der Waals surface area contributed by atoms with E-state index in [1.165, 1.54) is 0 Å². The molecular formula is C9H15N3O2. The van der Waals surface area contributed by atoms with Crippen LogP contribution in [0, 0.1) is 0 Å². The third kappa shape index (κ3) is 1.93. The average molecular weight is 197 g/mol. The van der Waals surface area contributed by atoms with Gasteiger partial charge in [0.2, 0.25) is 0 Å². The summed E-state index contributed by atoms with van der Waals surface area (Å²) in [4.78, 5) is 17.6. The minimum Gasteiger partial charge on any atom is -0.380 e. The van der Waals surface area contributed by atoms with Crippen LogP contribution < -0.4 is 5.73 Å². The van der Waals surface area contributed by atoms with Crippen molar-refractivity contribution >= 4 is 11.6 Å². The second-order valence-corrected chi connectivity index (χ2v) is 3.61. The zero-order chi connectivity index (χ0) is 9.97. The minimum absolute atomic E-state index is 0.105. The lowest BCUT2D eigenvalue weighted by atomic mass is 10.1. The zero-order valence-corrected chi connectivity index (χ0v) is 8.11. The highest BCUT2D eigenvalue weighted by Gasteiger charge is 2.26. The molecule has 2 rings (SSSR count). The zero-order valence-electron chi connectivity index (χ0n) is 8.11. The normalized spacial score (nSPS) is 28.9. The molecule has 0 saturated carbocycles. The molecule has 1 amide bonds. The molecule has 0 aromatic carbocycles. The number of aliphatic imine (C=N–C) groups is 1. The van der Waals surface area contributed by atoms with E-state index >= 15 is 0 Å². The molecule has 0 radical (unpaired) electrons. The first-order chi connectivity index (χ1) is 6.77. The maximum absolute atomic E-state index is 11.0. The number of primary amides is 1. The monoisotopic (exact) mass is 197 g/mol. The van der Waals surface area contributed by atoms with E-state index in [-0.39, 0.29) is 12.1 Å². The van der Waals surface area contributed by atoms with Gasteiger partial charge >= 0.3 is 0 Å². The van der Waals surface area contributed by atoms with Gasteiger partial charge in [0.05, 0.1) is 6.61 Å². The van der Waals surface area contributed by atoms with Gasteiger partial charge in [-0.1, -0.05) is 0 Å². The molecule has 0 aliphatic carbocycles. The van der Waals surface area contributed by atoms with Crippen molar-refractivity contribution in [2.24, 2.45) is 10.7 Å². The highest BCUT2D eigenvalue weighted by molar-refractivity contribution is 6.38. The summed E-state index contributed by atoms with van der Waals surface area (Å²) in [6.07, 6.45) is 1.64. The van der Waals surface area contributed by atoms with Crippen LogP contribution in [0.5, 0.6) is 0 Å².